The lowest BCUT2D eigenvalue weighted by Crippen LogP contribution is -2.27. The minimum absolute atomic E-state index is 0.0144. The van der Waals surface area contributed by atoms with Gasteiger partial charge in [-0.05, 0) is 24.1 Å². The molecule has 22 heavy (non-hydrogen) atoms. The van der Waals surface area contributed by atoms with E-state index in [2.05, 4.69) is 0 Å². The fourth-order valence-electron chi connectivity index (χ4n) is 2.22. The maximum Gasteiger partial charge on any atom is 0.266 e. The number of carbonyl (C=O) groups excluding carboxylic acids is 1. The van der Waals surface area contributed by atoms with Gasteiger partial charge in [0.2, 0.25) is 0 Å². The molecule has 2 aromatic rings. The number of carbonyl (C=O) groups is 1. The molecule has 2 nitrogen and oxygen atoms in total. The molecule has 0 saturated carbocycles. The van der Waals surface area contributed by atoms with Crippen LogP contribution in [0.15, 0.2) is 59.5 Å². The van der Waals surface area contributed by atoms with Gasteiger partial charge in [0, 0.05) is 0 Å². The van der Waals surface area contributed by atoms with Crippen LogP contribution in [0.1, 0.15) is 16.7 Å². The van der Waals surface area contributed by atoms with E-state index in [9.17, 15) is 4.79 Å². The average Bonchev–Trinajstić information content (AvgIpc) is 2.78. The Bertz CT molecular complexity index is 735. The fraction of sp³-hybridized carbons (Fsp3) is 0.111. The van der Waals surface area contributed by atoms with Gasteiger partial charge in [0.25, 0.3) is 5.91 Å². The standard InChI is InChI=1S/C18H15NOS2/c1-13-7-9-14(10-8-13)11-16-17(20)19(18(21)22-16)12-15-5-3-2-4-6-15/h2-11H,12H2,1H3/b16-11-. The van der Waals surface area contributed by atoms with E-state index in [0.717, 1.165) is 11.1 Å². The molecule has 0 aromatic heterocycles. The Morgan fingerprint density at radius 2 is 1.77 bits per heavy atom. The number of hydrogen-bond acceptors (Lipinski definition) is 3. The SMILES string of the molecule is Cc1ccc(/C=C2\SC(=S)N(Cc3ccccc3)C2=O)cc1. The minimum Gasteiger partial charge on any atom is -0.288 e. The zero-order valence-electron chi connectivity index (χ0n) is 12.2. The van der Waals surface area contributed by atoms with Crippen molar-refractivity contribution in [3.63, 3.8) is 0 Å². The Balaban J connectivity index is 1.80. The van der Waals surface area contributed by atoms with Gasteiger partial charge in [-0.25, -0.2) is 0 Å². The smallest absolute Gasteiger partial charge is 0.266 e. The fourth-order valence-corrected chi connectivity index (χ4v) is 3.47. The van der Waals surface area contributed by atoms with Gasteiger partial charge in [-0.2, -0.15) is 0 Å². The minimum atomic E-state index is -0.0144. The molecule has 4 heteroatoms. The quantitative estimate of drug-likeness (QED) is 0.616. The van der Waals surface area contributed by atoms with E-state index in [-0.39, 0.29) is 5.91 Å². The van der Waals surface area contributed by atoms with E-state index in [1.165, 1.54) is 17.3 Å². The van der Waals surface area contributed by atoms with Crippen LogP contribution in [0.3, 0.4) is 0 Å². The summed E-state index contributed by atoms with van der Waals surface area (Å²) in [5.74, 6) is -0.0144. The first kappa shape index (κ1) is 15.0. The van der Waals surface area contributed by atoms with E-state index in [4.69, 9.17) is 12.2 Å². The summed E-state index contributed by atoms with van der Waals surface area (Å²) >= 11 is 6.73. The van der Waals surface area contributed by atoms with Crippen molar-refractivity contribution in [2.45, 2.75) is 13.5 Å². The number of thiocarbonyl (C=S) groups is 1. The lowest BCUT2D eigenvalue weighted by Gasteiger charge is -2.14. The van der Waals surface area contributed by atoms with Crippen LogP contribution in [0.25, 0.3) is 6.08 Å². The van der Waals surface area contributed by atoms with Gasteiger partial charge in [0.05, 0.1) is 11.4 Å². The third-order valence-electron chi connectivity index (χ3n) is 3.43. The van der Waals surface area contributed by atoms with E-state index in [1.54, 1.807) is 4.90 Å². The number of aryl methyl sites for hydroxylation is 1. The summed E-state index contributed by atoms with van der Waals surface area (Å²) in [7, 11) is 0. The number of amides is 1. The molecule has 110 valence electrons. The van der Waals surface area contributed by atoms with Crippen LogP contribution < -0.4 is 0 Å². The molecule has 1 fully saturated rings. The van der Waals surface area contributed by atoms with Crippen molar-refractivity contribution in [1.82, 2.24) is 4.90 Å². The van der Waals surface area contributed by atoms with Crippen molar-refractivity contribution in [2.24, 2.45) is 0 Å². The van der Waals surface area contributed by atoms with E-state index < -0.39 is 0 Å². The molecule has 1 aliphatic heterocycles. The molecule has 1 aliphatic rings. The summed E-state index contributed by atoms with van der Waals surface area (Å²) in [6, 6.07) is 18.0. The summed E-state index contributed by atoms with van der Waals surface area (Å²) in [4.78, 5) is 14.9. The molecule has 0 atom stereocenters. The lowest BCUT2D eigenvalue weighted by molar-refractivity contribution is -0.122. The molecule has 0 unspecified atom stereocenters. The topological polar surface area (TPSA) is 20.3 Å². The Morgan fingerprint density at radius 1 is 1.09 bits per heavy atom. The normalized spacial score (nSPS) is 16.6. The summed E-state index contributed by atoms with van der Waals surface area (Å²) in [6.07, 6.45) is 1.91. The molecule has 0 aliphatic carbocycles. The molecule has 0 N–H and O–H groups in total. The van der Waals surface area contributed by atoms with Crippen LogP contribution in [-0.2, 0) is 11.3 Å². The van der Waals surface area contributed by atoms with E-state index in [1.807, 2.05) is 67.6 Å². The molecule has 1 heterocycles. The van der Waals surface area contributed by atoms with E-state index >= 15 is 0 Å². The second kappa shape index (κ2) is 6.46. The maximum absolute atomic E-state index is 12.5. The van der Waals surface area contributed by atoms with Crippen LogP contribution in [0, 0.1) is 6.92 Å². The number of hydrogen-bond donors (Lipinski definition) is 0. The molecular formula is C18H15NOS2. The maximum atomic E-state index is 12.5. The predicted molar refractivity (Wildman–Crippen MR) is 96.3 cm³/mol. The predicted octanol–water partition coefficient (Wildman–Crippen LogP) is 4.40. The highest BCUT2D eigenvalue weighted by molar-refractivity contribution is 8.26. The highest BCUT2D eigenvalue weighted by atomic mass is 32.2. The summed E-state index contributed by atoms with van der Waals surface area (Å²) < 4.78 is 0.618. The number of rotatable bonds is 3. The van der Waals surface area contributed by atoms with Gasteiger partial charge < -0.3 is 0 Å². The Kier molecular flexibility index (Phi) is 4.41. The van der Waals surface area contributed by atoms with Gasteiger partial charge in [-0.1, -0.05) is 84.1 Å². The number of thioether (sulfide) groups is 1. The van der Waals surface area contributed by atoms with Crippen molar-refractivity contribution < 1.29 is 4.79 Å². The monoisotopic (exact) mass is 325 g/mol. The summed E-state index contributed by atoms with van der Waals surface area (Å²) in [5.41, 5.74) is 3.30. The van der Waals surface area contributed by atoms with Gasteiger partial charge in [0.1, 0.15) is 4.32 Å². The van der Waals surface area contributed by atoms with Crippen molar-refractivity contribution in [2.75, 3.05) is 0 Å². The first-order valence-corrected chi connectivity index (χ1v) is 8.22. The Labute approximate surface area is 139 Å². The second-order valence-electron chi connectivity index (χ2n) is 5.16. The first-order chi connectivity index (χ1) is 10.6. The van der Waals surface area contributed by atoms with Crippen LogP contribution in [0.2, 0.25) is 0 Å². The van der Waals surface area contributed by atoms with Crippen molar-refractivity contribution in [1.29, 1.82) is 0 Å². The number of benzene rings is 2. The Hall–Kier alpha value is -1.91. The van der Waals surface area contributed by atoms with Gasteiger partial charge in [-0.15, -0.1) is 0 Å². The molecule has 1 saturated heterocycles. The summed E-state index contributed by atoms with van der Waals surface area (Å²) in [5, 5.41) is 0. The molecule has 0 bridgehead atoms. The van der Waals surface area contributed by atoms with Crippen LogP contribution in [0.5, 0.6) is 0 Å². The average molecular weight is 325 g/mol. The van der Waals surface area contributed by atoms with Crippen LogP contribution in [0.4, 0.5) is 0 Å². The highest BCUT2D eigenvalue weighted by Gasteiger charge is 2.31. The van der Waals surface area contributed by atoms with Crippen LogP contribution in [-0.4, -0.2) is 15.1 Å². The molecule has 3 rings (SSSR count). The van der Waals surface area contributed by atoms with Gasteiger partial charge in [0.15, 0.2) is 0 Å². The van der Waals surface area contributed by atoms with Gasteiger partial charge in [-0.3, -0.25) is 9.69 Å². The van der Waals surface area contributed by atoms with Gasteiger partial charge >= 0.3 is 0 Å². The first-order valence-electron chi connectivity index (χ1n) is 6.99. The molecule has 2 aromatic carbocycles. The van der Waals surface area contributed by atoms with Crippen LogP contribution >= 0.6 is 24.0 Å². The largest absolute Gasteiger partial charge is 0.288 e. The van der Waals surface area contributed by atoms with Crippen molar-refractivity contribution in [3.8, 4) is 0 Å². The molecule has 0 radical (unpaired) electrons. The molecule has 0 spiro atoms. The summed E-state index contributed by atoms with van der Waals surface area (Å²) in [6.45, 7) is 2.57. The lowest BCUT2D eigenvalue weighted by atomic mass is 10.1. The van der Waals surface area contributed by atoms with Crippen molar-refractivity contribution in [3.05, 3.63) is 76.2 Å². The molecule has 1 amide bonds. The highest BCUT2D eigenvalue weighted by Crippen LogP contribution is 2.33. The molecular weight excluding hydrogens is 310 g/mol. The van der Waals surface area contributed by atoms with Crippen molar-refractivity contribution >= 4 is 40.3 Å². The van der Waals surface area contributed by atoms with E-state index in [0.29, 0.717) is 15.8 Å². The number of nitrogens with zero attached hydrogens (tertiary/aromatic N) is 1. The zero-order valence-corrected chi connectivity index (χ0v) is 13.8. The third-order valence-corrected chi connectivity index (χ3v) is 4.81. The Morgan fingerprint density at radius 3 is 2.45 bits per heavy atom. The third kappa shape index (κ3) is 3.29. The zero-order chi connectivity index (χ0) is 15.5. The second-order valence-corrected chi connectivity index (χ2v) is 6.84.